The average Bonchev–Trinajstić information content (AvgIpc) is 2.80. The van der Waals surface area contributed by atoms with E-state index in [1.807, 2.05) is 6.07 Å². The molecule has 0 radical (unpaired) electrons. The summed E-state index contributed by atoms with van der Waals surface area (Å²) in [4.78, 5) is 51.1. The predicted octanol–water partition coefficient (Wildman–Crippen LogP) is 3.49. The Balaban J connectivity index is 0.00000145. The summed E-state index contributed by atoms with van der Waals surface area (Å²) in [7, 11) is 3.25. The number of anilines is 2. The number of nitrogens with zero attached hydrogens (tertiary/aromatic N) is 2. The lowest BCUT2D eigenvalue weighted by molar-refractivity contribution is -0.118. The molecule has 0 saturated heterocycles. The summed E-state index contributed by atoms with van der Waals surface area (Å²) >= 11 is 5.97. The first-order chi connectivity index (χ1) is 17.1. The molecule has 1 atom stereocenters. The summed E-state index contributed by atoms with van der Waals surface area (Å²) in [5, 5.41) is 14.9. The number of hydrogen-bond acceptors (Lipinski definition) is 6. The second-order valence-corrected chi connectivity index (χ2v) is 8.47. The number of aromatic amines is 1. The van der Waals surface area contributed by atoms with Crippen molar-refractivity contribution in [2.24, 2.45) is 5.92 Å². The van der Waals surface area contributed by atoms with Gasteiger partial charge in [-0.15, -0.1) is 0 Å². The average molecular weight is 514 g/mol. The van der Waals surface area contributed by atoms with Crippen LogP contribution in [-0.4, -0.2) is 35.6 Å². The van der Waals surface area contributed by atoms with Crippen LogP contribution in [-0.2, 0) is 20.9 Å². The fourth-order valence-electron chi connectivity index (χ4n) is 3.50. The molecule has 2 aromatic carbocycles. The van der Waals surface area contributed by atoms with E-state index in [-0.39, 0.29) is 35.6 Å². The summed E-state index contributed by atoms with van der Waals surface area (Å²) < 4.78 is 5.68. The third kappa shape index (κ3) is 7.53. The number of fused-ring (bicyclic) bond motifs is 1. The number of benzene rings is 2. The number of nitrogens with one attached hydrogen (secondary N) is 3. The molecule has 0 saturated carbocycles. The molecule has 3 rings (SSSR count). The van der Waals surface area contributed by atoms with E-state index in [2.05, 4.69) is 20.4 Å². The van der Waals surface area contributed by atoms with Crippen LogP contribution in [0.2, 0.25) is 5.02 Å². The van der Waals surface area contributed by atoms with Gasteiger partial charge < -0.3 is 15.4 Å². The minimum absolute atomic E-state index is 0.0877. The van der Waals surface area contributed by atoms with E-state index in [4.69, 9.17) is 16.9 Å². The van der Waals surface area contributed by atoms with Crippen LogP contribution in [0.5, 0.6) is 0 Å². The van der Waals surface area contributed by atoms with E-state index < -0.39 is 11.2 Å². The van der Waals surface area contributed by atoms with Gasteiger partial charge in [0.25, 0.3) is 5.56 Å². The van der Waals surface area contributed by atoms with Crippen molar-refractivity contribution in [2.75, 3.05) is 24.9 Å². The first-order valence-corrected chi connectivity index (χ1v) is 11.5. The van der Waals surface area contributed by atoms with Crippen molar-refractivity contribution in [1.82, 2.24) is 9.55 Å². The Labute approximate surface area is 212 Å². The molecule has 36 heavy (non-hydrogen) atoms. The largest absolute Gasteiger partial charge is 0.388 e. The topological polar surface area (TPSA) is 146 Å². The summed E-state index contributed by atoms with van der Waals surface area (Å²) in [5.41, 5.74) is 0.673. The first-order valence-electron chi connectivity index (χ1n) is 11.1. The van der Waals surface area contributed by atoms with Crippen molar-refractivity contribution in [2.45, 2.75) is 33.2 Å². The molecule has 1 aromatic heterocycles. The zero-order chi connectivity index (χ0) is 26.8. The standard InChI is InChI=1S/C23H22ClN5O4.C2H6O/c1-3-29-19-7-6-15(10-17(19)22(32)28-23(29)33)26-20(30)8-13(2)9-21(31)27-16-5-4-14(12-25)18(24)11-16;1-3-2/h4-7,10-11,13H,3,8-9H2,1-2H3,(H,26,30)(H,27,31)(H,28,32,33);1-2H3. The molecule has 1 heterocycles. The van der Waals surface area contributed by atoms with Gasteiger partial charge in [0.1, 0.15) is 6.07 Å². The number of hydrogen-bond donors (Lipinski definition) is 3. The monoisotopic (exact) mass is 513 g/mol. The normalized spacial score (nSPS) is 11.1. The second kappa shape index (κ2) is 13.2. The van der Waals surface area contributed by atoms with Crippen molar-refractivity contribution >= 4 is 45.7 Å². The fraction of sp³-hybridized carbons (Fsp3) is 0.320. The van der Waals surface area contributed by atoms with Crippen LogP contribution in [0.1, 0.15) is 32.3 Å². The Bertz CT molecular complexity index is 1410. The number of methoxy groups -OCH3 is 1. The number of aryl methyl sites for hydroxylation is 1. The summed E-state index contributed by atoms with van der Waals surface area (Å²) in [6.07, 6.45) is 0.190. The maximum absolute atomic E-state index is 12.4. The number of nitriles is 1. The van der Waals surface area contributed by atoms with Crippen LogP contribution in [0.15, 0.2) is 46.0 Å². The van der Waals surface area contributed by atoms with Crippen LogP contribution in [0, 0.1) is 17.2 Å². The van der Waals surface area contributed by atoms with Gasteiger partial charge in [-0.1, -0.05) is 18.5 Å². The third-order valence-corrected chi connectivity index (χ3v) is 5.35. The summed E-state index contributed by atoms with van der Waals surface area (Å²) in [5.74, 6) is -0.852. The van der Waals surface area contributed by atoms with Gasteiger partial charge in [0.05, 0.1) is 21.5 Å². The lowest BCUT2D eigenvalue weighted by atomic mass is 10.0. The van der Waals surface area contributed by atoms with Crippen molar-refractivity contribution < 1.29 is 14.3 Å². The molecular formula is C25H28ClN5O5. The van der Waals surface area contributed by atoms with Gasteiger partial charge in [-0.2, -0.15) is 5.26 Å². The minimum Gasteiger partial charge on any atom is -0.388 e. The molecule has 3 N–H and O–H groups in total. The van der Waals surface area contributed by atoms with Gasteiger partial charge in [-0.05, 0) is 49.2 Å². The van der Waals surface area contributed by atoms with Gasteiger partial charge in [0.2, 0.25) is 11.8 Å². The van der Waals surface area contributed by atoms with Gasteiger partial charge in [0, 0.05) is 45.0 Å². The number of rotatable bonds is 7. The number of amides is 2. The lowest BCUT2D eigenvalue weighted by Gasteiger charge is -2.13. The highest BCUT2D eigenvalue weighted by atomic mass is 35.5. The lowest BCUT2D eigenvalue weighted by Crippen LogP contribution is -2.29. The third-order valence-electron chi connectivity index (χ3n) is 5.04. The number of H-pyrrole nitrogens is 1. The van der Waals surface area contributed by atoms with Crippen LogP contribution >= 0.6 is 11.6 Å². The molecule has 190 valence electrons. The summed E-state index contributed by atoms with van der Waals surface area (Å²) in [6, 6.07) is 11.3. The van der Waals surface area contributed by atoms with Gasteiger partial charge in [0.15, 0.2) is 0 Å². The van der Waals surface area contributed by atoms with Crippen LogP contribution in [0.4, 0.5) is 11.4 Å². The molecular weight excluding hydrogens is 486 g/mol. The number of carbonyl (C=O) groups excluding carboxylic acids is 2. The summed E-state index contributed by atoms with van der Waals surface area (Å²) in [6.45, 7) is 3.96. The number of ether oxygens (including phenoxy) is 1. The molecule has 10 nitrogen and oxygen atoms in total. The SMILES string of the molecule is CCn1c(=O)[nH]c(=O)c2cc(NC(=O)CC(C)CC(=O)Nc3ccc(C#N)c(Cl)c3)ccc21.COC. The Hall–Kier alpha value is -3.94. The van der Waals surface area contributed by atoms with Crippen LogP contribution in [0.3, 0.4) is 0 Å². The highest BCUT2D eigenvalue weighted by Crippen LogP contribution is 2.21. The van der Waals surface area contributed by atoms with Crippen molar-refractivity contribution in [3.05, 3.63) is 67.8 Å². The van der Waals surface area contributed by atoms with Crippen LogP contribution < -0.4 is 21.9 Å². The van der Waals surface area contributed by atoms with E-state index in [9.17, 15) is 19.2 Å². The Kier molecular flexibility index (Phi) is 10.4. The number of carbonyl (C=O) groups is 2. The van der Waals surface area contributed by atoms with Gasteiger partial charge >= 0.3 is 5.69 Å². The maximum atomic E-state index is 12.4. The molecule has 0 aliphatic rings. The number of aromatic nitrogens is 2. The van der Waals surface area contributed by atoms with E-state index in [0.717, 1.165) is 0 Å². The van der Waals surface area contributed by atoms with E-state index in [0.29, 0.717) is 34.4 Å². The maximum Gasteiger partial charge on any atom is 0.328 e. The minimum atomic E-state index is -0.524. The van der Waals surface area contributed by atoms with E-state index in [1.54, 1.807) is 46.3 Å². The zero-order valence-electron chi connectivity index (χ0n) is 20.5. The zero-order valence-corrected chi connectivity index (χ0v) is 21.2. The quantitative estimate of drug-likeness (QED) is 0.440. The van der Waals surface area contributed by atoms with Crippen molar-refractivity contribution in [1.29, 1.82) is 5.26 Å². The van der Waals surface area contributed by atoms with Crippen molar-refractivity contribution in [3.63, 3.8) is 0 Å². The molecule has 1 unspecified atom stereocenters. The highest BCUT2D eigenvalue weighted by molar-refractivity contribution is 6.32. The predicted molar refractivity (Wildman–Crippen MR) is 139 cm³/mol. The molecule has 0 aliphatic heterocycles. The fourth-order valence-corrected chi connectivity index (χ4v) is 3.72. The van der Waals surface area contributed by atoms with Gasteiger partial charge in [-0.25, -0.2) is 4.79 Å². The number of halogens is 1. The first kappa shape index (κ1) is 28.3. The molecule has 11 heteroatoms. The van der Waals surface area contributed by atoms with Gasteiger partial charge in [-0.3, -0.25) is 23.9 Å². The smallest absolute Gasteiger partial charge is 0.328 e. The van der Waals surface area contributed by atoms with E-state index >= 15 is 0 Å². The Morgan fingerprint density at radius 3 is 2.17 bits per heavy atom. The molecule has 0 spiro atoms. The molecule has 0 aliphatic carbocycles. The Morgan fingerprint density at radius 1 is 1.08 bits per heavy atom. The van der Waals surface area contributed by atoms with Crippen LogP contribution in [0.25, 0.3) is 10.9 Å². The molecule has 3 aromatic rings. The molecule has 0 bridgehead atoms. The van der Waals surface area contributed by atoms with Crippen molar-refractivity contribution in [3.8, 4) is 6.07 Å². The molecule has 2 amide bonds. The second-order valence-electron chi connectivity index (χ2n) is 8.06. The Morgan fingerprint density at radius 2 is 1.64 bits per heavy atom. The van der Waals surface area contributed by atoms with E-state index in [1.165, 1.54) is 22.8 Å². The molecule has 0 fully saturated rings. The highest BCUT2D eigenvalue weighted by Gasteiger charge is 2.15.